The maximum atomic E-state index is 8.54. The van der Waals surface area contributed by atoms with Crippen LogP contribution in [-0.2, 0) is 0 Å². The smallest absolute Gasteiger partial charge is 0.0865 e. The Bertz CT molecular complexity index is 171. The van der Waals surface area contributed by atoms with Gasteiger partial charge in [-0.05, 0) is 25.8 Å². The van der Waals surface area contributed by atoms with E-state index in [4.69, 9.17) is 5.26 Å². The van der Waals surface area contributed by atoms with E-state index in [9.17, 15) is 0 Å². The molecule has 0 heterocycles. The molecule has 1 aliphatic carbocycles. The van der Waals surface area contributed by atoms with Gasteiger partial charge in [-0.1, -0.05) is 19.8 Å². The number of nitrogens with zero attached hydrogens (tertiary/aromatic N) is 2. The Morgan fingerprint density at radius 3 is 2.83 bits per heavy atom. The second-order valence-corrected chi connectivity index (χ2v) is 4.00. The van der Waals surface area contributed by atoms with Crippen molar-refractivity contribution in [1.29, 1.82) is 5.26 Å². The van der Waals surface area contributed by atoms with Crippen LogP contribution in [0.15, 0.2) is 0 Å². The Balaban J connectivity index is 2.35. The molecule has 2 heteroatoms. The molecule has 2 unspecified atom stereocenters. The van der Waals surface area contributed by atoms with E-state index in [1.54, 1.807) is 0 Å². The SMILES string of the molecule is CC1CCCC(N(C)CC#N)C1. The summed E-state index contributed by atoms with van der Waals surface area (Å²) in [5.41, 5.74) is 0. The Morgan fingerprint density at radius 2 is 2.25 bits per heavy atom. The largest absolute Gasteiger partial charge is 0.291 e. The van der Waals surface area contributed by atoms with Gasteiger partial charge in [-0.2, -0.15) is 5.26 Å². The molecular formula is C10H18N2. The van der Waals surface area contributed by atoms with Crippen LogP contribution < -0.4 is 0 Å². The molecule has 1 rings (SSSR count). The van der Waals surface area contributed by atoms with E-state index in [0.717, 1.165) is 5.92 Å². The molecule has 0 bridgehead atoms. The Labute approximate surface area is 75.2 Å². The van der Waals surface area contributed by atoms with Crippen molar-refractivity contribution < 1.29 is 0 Å². The lowest BCUT2D eigenvalue weighted by Gasteiger charge is -2.32. The van der Waals surface area contributed by atoms with Crippen LogP contribution in [0.2, 0.25) is 0 Å². The lowest BCUT2D eigenvalue weighted by atomic mass is 9.86. The van der Waals surface area contributed by atoms with E-state index in [1.165, 1.54) is 25.7 Å². The molecule has 1 aliphatic rings. The summed E-state index contributed by atoms with van der Waals surface area (Å²) >= 11 is 0. The second-order valence-electron chi connectivity index (χ2n) is 4.00. The molecule has 1 fully saturated rings. The molecule has 1 saturated carbocycles. The molecule has 0 aliphatic heterocycles. The molecule has 2 atom stereocenters. The Morgan fingerprint density at radius 1 is 1.50 bits per heavy atom. The molecule has 0 aromatic rings. The first kappa shape index (κ1) is 9.54. The first-order valence-corrected chi connectivity index (χ1v) is 4.81. The van der Waals surface area contributed by atoms with Crippen molar-refractivity contribution in [2.75, 3.05) is 13.6 Å². The summed E-state index contributed by atoms with van der Waals surface area (Å²) < 4.78 is 0. The van der Waals surface area contributed by atoms with E-state index in [-0.39, 0.29) is 0 Å². The molecule has 0 radical (unpaired) electrons. The van der Waals surface area contributed by atoms with Crippen molar-refractivity contribution in [2.24, 2.45) is 5.92 Å². The van der Waals surface area contributed by atoms with Crippen molar-refractivity contribution in [1.82, 2.24) is 4.90 Å². The van der Waals surface area contributed by atoms with Crippen LogP contribution in [0.1, 0.15) is 32.6 Å². The highest BCUT2D eigenvalue weighted by Gasteiger charge is 2.21. The van der Waals surface area contributed by atoms with Crippen LogP contribution in [0.5, 0.6) is 0 Å². The Kier molecular flexibility index (Phi) is 3.55. The summed E-state index contributed by atoms with van der Waals surface area (Å²) in [6.45, 7) is 2.89. The molecule has 0 amide bonds. The maximum absolute atomic E-state index is 8.54. The van der Waals surface area contributed by atoms with Crippen LogP contribution in [0, 0.1) is 17.2 Å². The fourth-order valence-electron chi connectivity index (χ4n) is 2.04. The van der Waals surface area contributed by atoms with Crippen molar-refractivity contribution in [3.63, 3.8) is 0 Å². The molecule has 2 nitrogen and oxygen atoms in total. The highest BCUT2D eigenvalue weighted by atomic mass is 15.1. The van der Waals surface area contributed by atoms with Crippen molar-refractivity contribution in [3.8, 4) is 6.07 Å². The maximum Gasteiger partial charge on any atom is 0.0865 e. The second kappa shape index (κ2) is 4.47. The van der Waals surface area contributed by atoms with Crippen molar-refractivity contribution >= 4 is 0 Å². The summed E-state index contributed by atoms with van der Waals surface area (Å²) in [5.74, 6) is 0.852. The van der Waals surface area contributed by atoms with Gasteiger partial charge in [0.1, 0.15) is 0 Å². The van der Waals surface area contributed by atoms with E-state index in [0.29, 0.717) is 12.6 Å². The normalized spacial score (nSPS) is 30.2. The zero-order valence-corrected chi connectivity index (χ0v) is 8.08. The highest BCUT2D eigenvalue weighted by Crippen LogP contribution is 2.26. The minimum absolute atomic E-state index is 0.581. The molecule has 12 heavy (non-hydrogen) atoms. The van der Waals surface area contributed by atoms with E-state index in [2.05, 4.69) is 24.9 Å². The van der Waals surface area contributed by atoms with Gasteiger partial charge in [0.05, 0.1) is 12.6 Å². The van der Waals surface area contributed by atoms with Gasteiger partial charge < -0.3 is 0 Å². The van der Waals surface area contributed by atoms with E-state index in [1.807, 2.05) is 0 Å². The van der Waals surface area contributed by atoms with E-state index < -0.39 is 0 Å². The number of hydrogen-bond donors (Lipinski definition) is 0. The van der Waals surface area contributed by atoms with Crippen LogP contribution in [0.3, 0.4) is 0 Å². The van der Waals surface area contributed by atoms with Crippen LogP contribution in [0.25, 0.3) is 0 Å². The van der Waals surface area contributed by atoms with Gasteiger partial charge in [-0.3, -0.25) is 4.90 Å². The molecule has 0 aromatic carbocycles. The minimum atomic E-state index is 0.581. The summed E-state index contributed by atoms with van der Waals surface area (Å²) in [6, 6.07) is 2.87. The highest BCUT2D eigenvalue weighted by molar-refractivity contribution is 4.82. The summed E-state index contributed by atoms with van der Waals surface area (Å²) in [5, 5.41) is 8.54. The summed E-state index contributed by atoms with van der Waals surface area (Å²) in [7, 11) is 2.06. The average Bonchev–Trinajstić information content (AvgIpc) is 2.05. The van der Waals surface area contributed by atoms with Gasteiger partial charge >= 0.3 is 0 Å². The molecule has 0 spiro atoms. The molecule has 0 saturated heterocycles. The third-order valence-electron chi connectivity index (χ3n) is 2.85. The van der Waals surface area contributed by atoms with Gasteiger partial charge in [-0.25, -0.2) is 0 Å². The third-order valence-corrected chi connectivity index (χ3v) is 2.85. The lowest BCUT2D eigenvalue weighted by Crippen LogP contribution is -2.35. The van der Waals surface area contributed by atoms with Gasteiger partial charge in [0.25, 0.3) is 0 Å². The van der Waals surface area contributed by atoms with Crippen LogP contribution in [0.4, 0.5) is 0 Å². The fourth-order valence-corrected chi connectivity index (χ4v) is 2.04. The standard InChI is InChI=1S/C10H18N2/c1-9-4-3-5-10(8-9)12(2)7-6-11/h9-10H,3-5,7-8H2,1-2H3. The molecule has 0 aromatic heterocycles. The van der Waals surface area contributed by atoms with Crippen molar-refractivity contribution in [2.45, 2.75) is 38.6 Å². The Hall–Kier alpha value is -0.550. The predicted molar refractivity (Wildman–Crippen MR) is 49.7 cm³/mol. The van der Waals surface area contributed by atoms with Crippen molar-refractivity contribution in [3.05, 3.63) is 0 Å². The quantitative estimate of drug-likeness (QED) is 0.587. The summed E-state index contributed by atoms with van der Waals surface area (Å²) in [6.07, 6.45) is 5.26. The first-order chi connectivity index (χ1) is 5.74. The van der Waals surface area contributed by atoms with Gasteiger partial charge in [0.2, 0.25) is 0 Å². The van der Waals surface area contributed by atoms with E-state index >= 15 is 0 Å². The minimum Gasteiger partial charge on any atom is -0.291 e. The van der Waals surface area contributed by atoms with Gasteiger partial charge in [0, 0.05) is 6.04 Å². The predicted octanol–water partition coefficient (Wildman–Crippen LogP) is 2.02. The summed E-state index contributed by atoms with van der Waals surface area (Å²) in [4.78, 5) is 2.19. The van der Waals surface area contributed by atoms with Gasteiger partial charge in [0.15, 0.2) is 0 Å². The zero-order chi connectivity index (χ0) is 8.97. The lowest BCUT2D eigenvalue weighted by molar-refractivity contribution is 0.179. The molecular weight excluding hydrogens is 148 g/mol. The number of nitriles is 1. The number of rotatable bonds is 2. The monoisotopic (exact) mass is 166 g/mol. The molecule has 0 N–H and O–H groups in total. The fraction of sp³-hybridized carbons (Fsp3) is 0.900. The molecule has 68 valence electrons. The van der Waals surface area contributed by atoms with Gasteiger partial charge in [-0.15, -0.1) is 0 Å². The number of hydrogen-bond acceptors (Lipinski definition) is 2. The third kappa shape index (κ3) is 2.49. The first-order valence-electron chi connectivity index (χ1n) is 4.81. The van der Waals surface area contributed by atoms with Crippen LogP contribution in [-0.4, -0.2) is 24.5 Å². The topological polar surface area (TPSA) is 27.0 Å². The average molecular weight is 166 g/mol. The zero-order valence-electron chi connectivity index (χ0n) is 8.08. The van der Waals surface area contributed by atoms with Crippen LogP contribution >= 0.6 is 0 Å².